The number of hydrogen-bond acceptors (Lipinski definition) is 6. The maximum absolute atomic E-state index is 12.2. The number of nitrogens with one attached hydrogen (secondary N) is 1. The van der Waals surface area contributed by atoms with Gasteiger partial charge in [0.1, 0.15) is 6.23 Å². The second kappa shape index (κ2) is 5.21. The molecule has 0 aromatic heterocycles. The van der Waals surface area contributed by atoms with Crippen LogP contribution in [0.5, 0.6) is 0 Å². The minimum absolute atomic E-state index is 0.0703. The topological polar surface area (TPSA) is 113 Å². The molecule has 0 radical (unpaired) electrons. The molecule has 2 rings (SSSR count). The first kappa shape index (κ1) is 13.9. The Kier molecular flexibility index (Phi) is 3.80. The number of nitro benzene ring substituents is 1. The predicted octanol–water partition coefficient (Wildman–Crippen LogP) is -0.493. The van der Waals surface area contributed by atoms with Crippen LogP contribution in [0.25, 0.3) is 0 Å². The van der Waals surface area contributed by atoms with Gasteiger partial charge >= 0.3 is 0 Å². The molecule has 1 saturated heterocycles. The lowest BCUT2D eigenvalue weighted by Crippen LogP contribution is -2.53. The number of hydrogen-bond donors (Lipinski definition) is 2. The number of sulfonamides is 1. The van der Waals surface area contributed by atoms with Crippen molar-refractivity contribution in [3.8, 4) is 0 Å². The Balaban J connectivity index is 2.30. The van der Waals surface area contributed by atoms with E-state index in [1.54, 1.807) is 0 Å². The standard InChI is InChI=1S/C10H13N3O5S/c14-10-7-11-5-6-12(10)19(17,18)9-3-1-8(2-4-9)13(15)16/h1-4,10-11,14H,5-7H2. The van der Waals surface area contributed by atoms with Crippen molar-refractivity contribution in [1.82, 2.24) is 9.62 Å². The van der Waals surface area contributed by atoms with Crippen molar-refractivity contribution in [3.63, 3.8) is 0 Å². The first-order chi connectivity index (χ1) is 8.93. The van der Waals surface area contributed by atoms with Crippen LogP contribution in [0.2, 0.25) is 0 Å². The maximum atomic E-state index is 12.2. The van der Waals surface area contributed by atoms with Gasteiger partial charge in [-0.3, -0.25) is 10.1 Å². The smallest absolute Gasteiger partial charge is 0.269 e. The number of aliphatic hydroxyl groups excluding tert-OH is 1. The number of nitro groups is 1. The minimum atomic E-state index is -3.83. The molecule has 1 atom stereocenters. The van der Waals surface area contributed by atoms with Crippen LogP contribution in [-0.2, 0) is 10.0 Å². The summed E-state index contributed by atoms with van der Waals surface area (Å²) in [6.07, 6.45) is -1.13. The van der Waals surface area contributed by atoms with E-state index in [2.05, 4.69) is 5.32 Å². The van der Waals surface area contributed by atoms with Gasteiger partial charge in [-0.15, -0.1) is 0 Å². The SMILES string of the molecule is O=[N+]([O-])c1ccc(S(=O)(=O)N2CCNCC2O)cc1. The molecule has 104 valence electrons. The molecule has 0 amide bonds. The maximum Gasteiger partial charge on any atom is 0.269 e. The molecule has 1 aromatic carbocycles. The van der Waals surface area contributed by atoms with Crippen LogP contribution in [0.3, 0.4) is 0 Å². The lowest BCUT2D eigenvalue weighted by Gasteiger charge is -2.31. The monoisotopic (exact) mass is 287 g/mol. The van der Waals surface area contributed by atoms with E-state index in [4.69, 9.17) is 0 Å². The number of aliphatic hydroxyl groups is 1. The zero-order valence-corrected chi connectivity index (χ0v) is 10.7. The quantitative estimate of drug-likeness (QED) is 0.573. The van der Waals surface area contributed by atoms with E-state index in [9.17, 15) is 23.6 Å². The highest BCUT2D eigenvalue weighted by Gasteiger charge is 2.32. The first-order valence-corrected chi connectivity index (χ1v) is 7.02. The Hall–Kier alpha value is -1.55. The van der Waals surface area contributed by atoms with Crippen LogP contribution in [0.1, 0.15) is 0 Å². The van der Waals surface area contributed by atoms with Crippen molar-refractivity contribution in [3.05, 3.63) is 34.4 Å². The summed E-state index contributed by atoms with van der Waals surface area (Å²) in [6, 6.07) is 4.59. The van der Waals surface area contributed by atoms with Crippen LogP contribution >= 0.6 is 0 Å². The van der Waals surface area contributed by atoms with Gasteiger partial charge in [-0.1, -0.05) is 0 Å². The number of piperazine rings is 1. The summed E-state index contributed by atoms with van der Waals surface area (Å²) in [4.78, 5) is 9.84. The van der Waals surface area contributed by atoms with E-state index >= 15 is 0 Å². The fraction of sp³-hybridized carbons (Fsp3) is 0.400. The fourth-order valence-electron chi connectivity index (χ4n) is 1.83. The van der Waals surface area contributed by atoms with Crippen LogP contribution < -0.4 is 5.32 Å². The highest BCUT2D eigenvalue weighted by Crippen LogP contribution is 2.21. The van der Waals surface area contributed by atoms with Crippen molar-refractivity contribution in [2.75, 3.05) is 19.6 Å². The molecule has 0 bridgehead atoms. The summed E-state index contributed by atoms with van der Waals surface area (Å²) in [7, 11) is -3.83. The summed E-state index contributed by atoms with van der Waals surface area (Å²) in [5, 5.41) is 23.1. The van der Waals surface area contributed by atoms with E-state index in [0.29, 0.717) is 6.54 Å². The van der Waals surface area contributed by atoms with Gasteiger partial charge < -0.3 is 10.4 Å². The summed E-state index contributed by atoms with van der Waals surface area (Å²) in [6.45, 7) is 0.760. The lowest BCUT2D eigenvalue weighted by molar-refractivity contribution is -0.384. The Bertz CT molecular complexity index is 571. The predicted molar refractivity (Wildman–Crippen MR) is 65.9 cm³/mol. The molecule has 0 saturated carbocycles. The zero-order valence-electron chi connectivity index (χ0n) is 9.89. The second-order valence-corrected chi connectivity index (χ2v) is 5.94. The molecule has 1 fully saturated rings. The Morgan fingerprint density at radius 3 is 2.53 bits per heavy atom. The van der Waals surface area contributed by atoms with Crippen molar-refractivity contribution in [2.45, 2.75) is 11.1 Å². The summed E-state index contributed by atoms with van der Waals surface area (Å²) >= 11 is 0. The molecule has 1 aromatic rings. The molecule has 2 N–H and O–H groups in total. The van der Waals surface area contributed by atoms with Crippen molar-refractivity contribution in [2.24, 2.45) is 0 Å². The fourth-order valence-corrected chi connectivity index (χ4v) is 3.30. The van der Waals surface area contributed by atoms with Crippen molar-refractivity contribution in [1.29, 1.82) is 0 Å². The van der Waals surface area contributed by atoms with Gasteiger partial charge in [0, 0.05) is 31.8 Å². The van der Waals surface area contributed by atoms with Gasteiger partial charge in [0.05, 0.1) is 9.82 Å². The summed E-state index contributed by atoms with van der Waals surface area (Å²) in [5.74, 6) is 0. The third kappa shape index (κ3) is 2.73. The average Bonchev–Trinajstić information content (AvgIpc) is 2.39. The van der Waals surface area contributed by atoms with E-state index in [0.717, 1.165) is 16.4 Å². The zero-order chi connectivity index (χ0) is 14.0. The number of β-amino-alcohol motifs (C(OH)–C–C–N with tert-alkyl or cyclic N) is 1. The van der Waals surface area contributed by atoms with Gasteiger partial charge in [0.25, 0.3) is 5.69 Å². The van der Waals surface area contributed by atoms with E-state index in [-0.39, 0.29) is 23.7 Å². The number of rotatable bonds is 3. The Morgan fingerprint density at radius 1 is 1.37 bits per heavy atom. The van der Waals surface area contributed by atoms with Gasteiger partial charge in [0.15, 0.2) is 0 Å². The minimum Gasteiger partial charge on any atom is -0.376 e. The van der Waals surface area contributed by atoms with Crippen LogP contribution in [-0.4, -0.2) is 48.6 Å². The van der Waals surface area contributed by atoms with Crippen molar-refractivity contribution < 1.29 is 18.4 Å². The molecule has 0 aliphatic carbocycles. The summed E-state index contributed by atoms with van der Waals surface area (Å²) in [5.41, 5.74) is -0.181. The molecule has 9 heteroatoms. The third-order valence-electron chi connectivity index (χ3n) is 2.82. The van der Waals surface area contributed by atoms with Gasteiger partial charge in [-0.2, -0.15) is 4.31 Å². The van der Waals surface area contributed by atoms with Crippen LogP contribution in [0.15, 0.2) is 29.2 Å². The third-order valence-corrected chi connectivity index (χ3v) is 4.73. The molecular formula is C10H13N3O5S. The highest BCUT2D eigenvalue weighted by molar-refractivity contribution is 7.89. The normalized spacial score (nSPS) is 21.2. The molecule has 8 nitrogen and oxygen atoms in total. The molecule has 1 unspecified atom stereocenters. The van der Waals surface area contributed by atoms with E-state index < -0.39 is 21.2 Å². The molecule has 0 spiro atoms. The first-order valence-electron chi connectivity index (χ1n) is 5.58. The summed E-state index contributed by atoms with van der Waals surface area (Å²) < 4.78 is 25.5. The van der Waals surface area contributed by atoms with E-state index in [1.807, 2.05) is 0 Å². The van der Waals surface area contributed by atoms with Crippen LogP contribution in [0, 0.1) is 10.1 Å². The van der Waals surface area contributed by atoms with Crippen molar-refractivity contribution >= 4 is 15.7 Å². The Labute approximate surface area is 109 Å². The van der Waals surface area contributed by atoms with Gasteiger partial charge in [-0.25, -0.2) is 8.42 Å². The molecule has 1 heterocycles. The van der Waals surface area contributed by atoms with Gasteiger partial charge in [-0.05, 0) is 12.1 Å². The largest absolute Gasteiger partial charge is 0.376 e. The number of non-ortho nitro benzene ring substituents is 1. The lowest BCUT2D eigenvalue weighted by atomic mass is 10.3. The molecule has 19 heavy (non-hydrogen) atoms. The second-order valence-electron chi connectivity index (χ2n) is 4.05. The van der Waals surface area contributed by atoms with Gasteiger partial charge in [0.2, 0.25) is 10.0 Å². The van der Waals surface area contributed by atoms with E-state index in [1.165, 1.54) is 12.1 Å². The Morgan fingerprint density at radius 2 is 2.00 bits per heavy atom. The average molecular weight is 287 g/mol. The van der Waals surface area contributed by atoms with Crippen LogP contribution in [0.4, 0.5) is 5.69 Å². The number of nitrogens with zero attached hydrogens (tertiary/aromatic N) is 2. The molecule has 1 aliphatic rings. The number of benzene rings is 1. The highest BCUT2D eigenvalue weighted by atomic mass is 32.2. The molecule has 1 aliphatic heterocycles. The molecular weight excluding hydrogens is 274 g/mol.